The Balaban J connectivity index is 2.01. The number of aromatic nitrogens is 1. The topological polar surface area (TPSA) is 59.1 Å². The predicted octanol–water partition coefficient (Wildman–Crippen LogP) is 2.55. The molecule has 2 atom stereocenters. The van der Waals surface area contributed by atoms with Crippen molar-refractivity contribution in [2.45, 2.75) is 18.4 Å². The monoisotopic (exact) mass is 262 g/mol. The Morgan fingerprint density at radius 1 is 1.21 bits per heavy atom. The molecule has 1 aromatic heterocycles. The molecule has 1 aliphatic carbocycles. The van der Waals surface area contributed by atoms with Crippen LogP contribution in [0.25, 0.3) is 11.3 Å². The van der Waals surface area contributed by atoms with Crippen LogP contribution in [0, 0.1) is 11.6 Å². The molecule has 0 amide bonds. The Hall–Kier alpha value is -2.01. The summed E-state index contributed by atoms with van der Waals surface area (Å²) in [6.45, 7) is 0. The maximum Gasteiger partial charge on any atom is 0.177 e. The van der Waals surface area contributed by atoms with Gasteiger partial charge in [-0.2, -0.15) is 0 Å². The van der Waals surface area contributed by atoms with Gasteiger partial charge >= 0.3 is 0 Å². The number of nitrogens with zero attached hydrogens (tertiary/aromatic N) is 1. The quantitative estimate of drug-likeness (QED) is 0.874. The second-order valence-corrected chi connectivity index (χ2v) is 4.74. The Labute approximate surface area is 108 Å². The molecule has 2 aromatic rings. The number of benzene rings is 1. The highest BCUT2D eigenvalue weighted by Gasteiger charge is 2.35. The second-order valence-electron chi connectivity index (χ2n) is 4.74. The molecule has 0 radical (unpaired) electrons. The molecule has 1 saturated carbocycles. The van der Waals surface area contributed by atoms with E-state index in [-0.39, 0.29) is 17.3 Å². The lowest BCUT2D eigenvalue weighted by Crippen LogP contribution is -2.01. The fraction of sp³-hybridized carbons (Fsp3) is 0.214. The van der Waals surface area contributed by atoms with E-state index in [2.05, 4.69) is 4.98 Å². The smallest absolute Gasteiger partial charge is 0.177 e. The summed E-state index contributed by atoms with van der Waals surface area (Å²) in [5.74, 6) is -2.05. The molecule has 1 aromatic carbocycles. The van der Waals surface area contributed by atoms with Gasteiger partial charge in [-0.3, -0.25) is 4.98 Å². The molecular weight excluding hydrogens is 250 g/mol. The average molecular weight is 262 g/mol. The maximum absolute atomic E-state index is 13.7. The Bertz CT molecular complexity index is 628. The number of phenols is 1. The van der Waals surface area contributed by atoms with Crippen LogP contribution in [-0.4, -0.2) is 16.1 Å². The molecule has 1 aliphatic rings. The van der Waals surface area contributed by atoms with Crippen LogP contribution in [0.3, 0.4) is 0 Å². The molecule has 0 unspecified atom stereocenters. The molecule has 3 nitrogen and oxygen atoms in total. The number of halogens is 2. The summed E-state index contributed by atoms with van der Waals surface area (Å²) in [4.78, 5) is 4.06. The molecule has 0 saturated heterocycles. The Morgan fingerprint density at radius 2 is 1.95 bits per heavy atom. The highest BCUT2D eigenvalue weighted by atomic mass is 19.1. The zero-order valence-corrected chi connectivity index (χ0v) is 9.98. The van der Waals surface area contributed by atoms with Crippen molar-refractivity contribution in [1.29, 1.82) is 0 Å². The molecule has 1 heterocycles. The van der Waals surface area contributed by atoms with E-state index >= 15 is 0 Å². The fourth-order valence-corrected chi connectivity index (χ4v) is 2.15. The van der Waals surface area contributed by atoms with Crippen LogP contribution in [0.15, 0.2) is 30.5 Å². The Kier molecular flexibility index (Phi) is 2.71. The molecular formula is C14H12F2N2O. The molecule has 1 fully saturated rings. The van der Waals surface area contributed by atoms with Gasteiger partial charge in [0.05, 0.1) is 11.3 Å². The SMILES string of the molecule is N[C@H]1C[C@@H]1c1ccc(-c2c(F)ccc(O)c2F)nc1. The van der Waals surface area contributed by atoms with E-state index in [1.807, 2.05) is 0 Å². The van der Waals surface area contributed by atoms with Crippen molar-refractivity contribution in [3.8, 4) is 17.0 Å². The van der Waals surface area contributed by atoms with Crippen molar-refractivity contribution in [3.63, 3.8) is 0 Å². The first-order valence-corrected chi connectivity index (χ1v) is 5.97. The van der Waals surface area contributed by atoms with Gasteiger partial charge in [0.15, 0.2) is 11.6 Å². The lowest BCUT2D eigenvalue weighted by atomic mass is 10.1. The van der Waals surface area contributed by atoms with E-state index in [0.717, 1.165) is 24.1 Å². The summed E-state index contributed by atoms with van der Waals surface area (Å²) < 4.78 is 27.4. The minimum atomic E-state index is -0.997. The molecule has 0 bridgehead atoms. The van der Waals surface area contributed by atoms with Crippen LogP contribution in [0.2, 0.25) is 0 Å². The number of rotatable bonds is 2. The van der Waals surface area contributed by atoms with Crippen LogP contribution in [0.1, 0.15) is 17.9 Å². The van der Waals surface area contributed by atoms with Gasteiger partial charge in [0.1, 0.15) is 5.82 Å². The molecule has 0 aliphatic heterocycles. The van der Waals surface area contributed by atoms with E-state index in [0.29, 0.717) is 5.92 Å². The van der Waals surface area contributed by atoms with Gasteiger partial charge in [0, 0.05) is 18.2 Å². The summed E-state index contributed by atoms with van der Waals surface area (Å²) in [6, 6.07) is 5.46. The highest BCUT2D eigenvalue weighted by molar-refractivity contribution is 5.63. The number of hydrogen-bond acceptors (Lipinski definition) is 3. The summed E-state index contributed by atoms with van der Waals surface area (Å²) in [5.41, 5.74) is 6.55. The van der Waals surface area contributed by atoms with Gasteiger partial charge in [0.2, 0.25) is 0 Å². The van der Waals surface area contributed by atoms with Gasteiger partial charge in [-0.15, -0.1) is 0 Å². The summed E-state index contributed by atoms with van der Waals surface area (Å²) in [6.07, 6.45) is 2.49. The van der Waals surface area contributed by atoms with Gasteiger partial charge in [-0.05, 0) is 30.2 Å². The first-order valence-electron chi connectivity index (χ1n) is 5.97. The van der Waals surface area contributed by atoms with Crippen molar-refractivity contribution in [1.82, 2.24) is 4.98 Å². The van der Waals surface area contributed by atoms with Crippen molar-refractivity contribution in [2.24, 2.45) is 5.73 Å². The standard InChI is InChI=1S/C14H12F2N2O/c15-9-2-4-12(19)14(16)13(9)11-3-1-7(6-18-11)8-5-10(8)17/h1-4,6,8,10,19H,5,17H2/t8-,10+/m1/s1. The van der Waals surface area contributed by atoms with Crippen molar-refractivity contribution in [3.05, 3.63) is 47.7 Å². The van der Waals surface area contributed by atoms with Gasteiger partial charge in [-0.1, -0.05) is 6.07 Å². The minimum Gasteiger partial charge on any atom is -0.505 e. The molecule has 0 spiro atoms. The third-order valence-corrected chi connectivity index (χ3v) is 3.38. The molecule has 98 valence electrons. The fourth-order valence-electron chi connectivity index (χ4n) is 2.15. The first kappa shape index (κ1) is 12.0. The lowest BCUT2D eigenvalue weighted by Gasteiger charge is -2.07. The highest BCUT2D eigenvalue weighted by Crippen LogP contribution is 2.39. The number of hydrogen-bond donors (Lipinski definition) is 2. The van der Waals surface area contributed by atoms with Crippen molar-refractivity contribution < 1.29 is 13.9 Å². The van der Waals surface area contributed by atoms with Crippen LogP contribution in [0.4, 0.5) is 8.78 Å². The number of pyridine rings is 1. The van der Waals surface area contributed by atoms with Crippen LogP contribution < -0.4 is 5.73 Å². The van der Waals surface area contributed by atoms with Gasteiger partial charge in [-0.25, -0.2) is 8.78 Å². The maximum atomic E-state index is 13.7. The zero-order valence-electron chi connectivity index (χ0n) is 9.98. The van der Waals surface area contributed by atoms with Crippen molar-refractivity contribution >= 4 is 0 Å². The number of phenolic OH excluding ortho intramolecular Hbond substituents is 1. The molecule has 5 heteroatoms. The van der Waals surface area contributed by atoms with Crippen LogP contribution in [0.5, 0.6) is 5.75 Å². The zero-order chi connectivity index (χ0) is 13.6. The predicted molar refractivity (Wildman–Crippen MR) is 66.6 cm³/mol. The third kappa shape index (κ3) is 2.06. The normalized spacial score (nSPS) is 21.4. The van der Waals surface area contributed by atoms with Crippen LogP contribution in [-0.2, 0) is 0 Å². The second kappa shape index (κ2) is 4.28. The summed E-state index contributed by atoms with van der Waals surface area (Å²) in [5, 5.41) is 9.29. The number of aromatic hydroxyl groups is 1. The van der Waals surface area contributed by atoms with E-state index in [4.69, 9.17) is 5.73 Å². The van der Waals surface area contributed by atoms with Gasteiger partial charge in [0.25, 0.3) is 0 Å². The van der Waals surface area contributed by atoms with Gasteiger partial charge < -0.3 is 10.8 Å². The minimum absolute atomic E-state index is 0.155. The molecule has 19 heavy (non-hydrogen) atoms. The lowest BCUT2D eigenvalue weighted by molar-refractivity contribution is 0.429. The van der Waals surface area contributed by atoms with E-state index in [1.165, 1.54) is 0 Å². The third-order valence-electron chi connectivity index (χ3n) is 3.38. The van der Waals surface area contributed by atoms with E-state index in [9.17, 15) is 13.9 Å². The molecule has 3 N–H and O–H groups in total. The first-order chi connectivity index (χ1) is 9.08. The Morgan fingerprint density at radius 3 is 2.53 bits per heavy atom. The summed E-state index contributed by atoms with van der Waals surface area (Å²) in [7, 11) is 0. The van der Waals surface area contributed by atoms with E-state index < -0.39 is 17.4 Å². The molecule has 3 rings (SSSR count). The summed E-state index contributed by atoms with van der Waals surface area (Å²) >= 11 is 0. The number of nitrogens with two attached hydrogens (primary N) is 1. The van der Waals surface area contributed by atoms with Crippen molar-refractivity contribution in [2.75, 3.05) is 0 Å². The largest absolute Gasteiger partial charge is 0.505 e. The average Bonchev–Trinajstić information content (AvgIpc) is 3.13. The van der Waals surface area contributed by atoms with Crippen LogP contribution >= 0.6 is 0 Å². The van der Waals surface area contributed by atoms with E-state index in [1.54, 1.807) is 18.3 Å².